The van der Waals surface area contributed by atoms with E-state index in [0.29, 0.717) is 31.3 Å². The summed E-state index contributed by atoms with van der Waals surface area (Å²) in [6, 6.07) is 7.47. The number of nitrogens with zero attached hydrogens (tertiary/aromatic N) is 2. The van der Waals surface area contributed by atoms with Gasteiger partial charge in [0.1, 0.15) is 0 Å². The van der Waals surface area contributed by atoms with E-state index in [2.05, 4.69) is 10.3 Å². The minimum absolute atomic E-state index is 0.204. The Labute approximate surface area is 164 Å². The van der Waals surface area contributed by atoms with Crippen molar-refractivity contribution in [3.63, 3.8) is 0 Å². The number of morpholine rings is 1. The summed E-state index contributed by atoms with van der Waals surface area (Å²) in [6.07, 6.45) is 5.22. The molecule has 144 valence electrons. The monoisotopic (exact) mass is 407 g/mol. The first-order valence-corrected chi connectivity index (χ1v) is 11.0. The van der Waals surface area contributed by atoms with E-state index < -0.39 is 10.0 Å². The van der Waals surface area contributed by atoms with Crippen LogP contribution in [0.4, 0.5) is 11.4 Å². The minimum Gasteiger partial charge on any atom is -0.379 e. The van der Waals surface area contributed by atoms with Crippen LogP contribution in [0.25, 0.3) is 0 Å². The van der Waals surface area contributed by atoms with Gasteiger partial charge in [0.05, 0.1) is 25.1 Å². The molecule has 0 bridgehead atoms. The molecular formula is C19H22ClN3O3S. The van der Waals surface area contributed by atoms with Gasteiger partial charge in [0.2, 0.25) is 0 Å². The molecule has 1 aliphatic heterocycles. The molecule has 2 aliphatic rings. The highest BCUT2D eigenvalue weighted by Crippen LogP contribution is 2.34. The third kappa shape index (κ3) is 3.82. The molecule has 1 aliphatic carbocycles. The molecule has 0 spiro atoms. The maximum absolute atomic E-state index is 13.1. The molecule has 6 nitrogen and oxygen atoms in total. The summed E-state index contributed by atoms with van der Waals surface area (Å²) in [6.45, 7) is 1.61. The Bertz CT molecular complexity index is 943. The lowest BCUT2D eigenvalue weighted by Crippen LogP contribution is -2.41. The van der Waals surface area contributed by atoms with E-state index in [1.54, 1.807) is 6.20 Å². The number of benzene rings is 1. The van der Waals surface area contributed by atoms with Gasteiger partial charge in [0.25, 0.3) is 10.0 Å². The Balaban J connectivity index is 1.72. The molecule has 1 fully saturated rings. The number of halogens is 1. The zero-order valence-corrected chi connectivity index (χ0v) is 16.5. The molecule has 1 aromatic heterocycles. The number of anilines is 2. The van der Waals surface area contributed by atoms with Gasteiger partial charge in [0, 0.05) is 23.8 Å². The predicted molar refractivity (Wildman–Crippen MR) is 105 cm³/mol. The minimum atomic E-state index is -3.61. The zero-order chi connectivity index (χ0) is 18.9. The highest BCUT2D eigenvalue weighted by atomic mass is 35.5. The van der Waals surface area contributed by atoms with E-state index in [0.717, 1.165) is 48.2 Å². The van der Waals surface area contributed by atoms with Gasteiger partial charge < -0.3 is 10.1 Å². The second-order valence-corrected chi connectivity index (χ2v) is 9.08. The van der Waals surface area contributed by atoms with E-state index in [9.17, 15) is 8.42 Å². The van der Waals surface area contributed by atoms with Crippen LogP contribution in [0, 0.1) is 0 Å². The van der Waals surface area contributed by atoms with Gasteiger partial charge in [-0.3, -0.25) is 0 Å². The summed E-state index contributed by atoms with van der Waals surface area (Å²) < 4.78 is 33.1. The van der Waals surface area contributed by atoms with Crippen molar-refractivity contribution in [2.75, 3.05) is 31.6 Å². The molecule has 1 N–H and O–H groups in total. The van der Waals surface area contributed by atoms with E-state index in [1.165, 1.54) is 4.31 Å². The average molecular weight is 408 g/mol. The molecule has 8 heteroatoms. The SMILES string of the molecule is O=S(=O)(c1ncc(Nc2cccc(Cl)c2)c2c1CCCC2)N1CCOCC1. The number of rotatable bonds is 4. The number of hydrogen-bond acceptors (Lipinski definition) is 5. The molecule has 0 atom stereocenters. The Kier molecular flexibility index (Phi) is 5.36. The summed E-state index contributed by atoms with van der Waals surface area (Å²) in [5.41, 5.74) is 3.61. The van der Waals surface area contributed by atoms with Gasteiger partial charge in [-0.05, 0) is 55.0 Å². The van der Waals surface area contributed by atoms with Crippen LogP contribution in [0.2, 0.25) is 5.02 Å². The van der Waals surface area contributed by atoms with Crippen LogP contribution in [0.3, 0.4) is 0 Å². The summed E-state index contributed by atoms with van der Waals surface area (Å²) in [4.78, 5) is 4.39. The largest absolute Gasteiger partial charge is 0.379 e. The molecule has 1 aromatic carbocycles. The van der Waals surface area contributed by atoms with Crippen LogP contribution >= 0.6 is 11.6 Å². The lowest BCUT2D eigenvalue weighted by molar-refractivity contribution is 0.0729. The van der Waals surface area contributed by atoms with Crippen LogP contribution in [0.15, 0.2) is 35.5 Å². The maximum Gasteiger partial charge on any atom is 0.260 e. The zero-order valence-electron chi connectivity index (χ0n) is 14.9. The number of pyridine rings is 1. The first-order chi connectivity index (χ1) is 13.1. The van der Waals surface area contributed by atoms with Crippen molar-refractivity contribution in [3.05, 3.63) is 46.6 Å². The van der Waals surface area contributed by atoms with Crippen molar-refractivity contribution < 1.29 is 13.2 Å². The lowest BCUT2D eigenvalue weighted by Gasteiger charge is -2.28. The maximum atomic E-state index is 13.1. The number of sulfonamides is 1. The molecule has 27 heavy (non-hydrogen) atoms. The Morgan fingerprint density at radius 1 is 1.11 bits per heavy atom. The Hall–Kier alpha value is -1.67. The topological polar surface area (TPSA) is 71.5 Å². The smallest absolute Gasteiger partial charge is 0.260 e. The van der Waals surface area contributed by atoms with Crippen molar-refractivity contribution in [1.29, 1.82) is 0 Å². The van der Waals surface area contributed by atoms with Gasteiger partial charge in [-0.1, -0.05) is 17.7 Å². The molecule has 1 saturated heterocycles. The average Bonchev–Trinajstić information content (AvgIpc) is 2.69. The van der Waals surface area contributed by atoms with E-state index >= 15 is 0 Å². The van der Waals surface area contributed by atoms with E-state index in [-0.39, 0.29) is 5.03 Å². The van der Waals surface area contributed by atoms with Crippen LogP contribution in [0.5, 0.6) is 0 Å². The molecule has 0 amide bonds. The fourth-order valence-electron chi connectivity index (χ4n) is 3.68. The van der Waals surface area contributed by atoms with Crippen molar-refractivity contribution in [1.82, 2.24) is 9.29 Å². The number of nitrogens with one attached hydrogen (secondary N) is 1. The Morgan fingerprint density at radius 2 is 1.85 bits per heavy atom. The summed E-state index contributed by atoms with van der Waals surface area (Å²) >= 11 is 6.07. The summed E-state index contributed by atoms with van der Waals surface area (Å²) in [5.74, 6) is 0. The van der Waals surface area contributed by atoms with Gasteiger partial charge in [-0.2, -0.15) is 4.31 Å². The van der Waals surface area contributed by atoms with E-state index in [4.69, 9.17) is 16.3 Å². The van der Waals surface area contributed by atoms with Crippen molar-refractivity contribution in [2.45, 2.75) is 30.7 Å². The van der Waals surface area contributed by atoms with Crippen molar-refractivity contribution >= 4 is 33.0 Å². The molecule has 0 unspecified atom stereocenters. The fourth-order valence-corrected chi connectivity index (χ4v) is 5.47. The second-order valence-electron chi connectivity index (χ2n) is 6.79. The standard InChI is InChI=1S/C19H22ClN3O3S/c20-14-4-3-5-15(12-14)22-18-13-21-19(17-7-2-1-6-16(17)18)27(24,25)23-8-10-26-11-9-23/h3-5,12-13,22H,1-2,6-11H2. The number of hydrogen-bond donors (Lipinski definition) is 1. The number of ether oxygens (including phenoxy) is 1. The normalized spacial score (nSPS) is 18.1. The molecule has 2 aromatic rings. The quantitative estimate of drug-likeness (QED) is 0.841. The third-order valence-electron chi connectivity index (χ3n) is 5.02. The Morgan fingerprint density at radius 3 is 2.59 bits per heavy atom. The highest BCUT2D eigenvalue weighted by Gasteiger charge is 2.32. The highest BCUT2D eigenvalue weighted by molar-refractivity contribution is 7.89. The third-order valence-corrected chi connectivity index (χ3v) is 7.14. The number of aromatic nitrogens is 1. The van der Waals surface area contributed by atoms with Crippen LogP contribution in [-0.4, -0.2) is 44.0 Å². The predicted octanol–water partition coefficient (Wildman–Crippen LogP) is 3.38. The molecule has 0 saturated carbocycles. The molecular weight excluding hydrogens is 386 g/mol. The molecule has 2 heterocycles. The van der Waals surface area contributed by atoms with E-state index in [1.807, 2.05) is 24.3 Å². The fraction of sp³-hybridized carbons (Fsp3) is 0.421. The van der Waals surface area contributed by atoms with Gasteiger partial charge in [0.15, 0.2) is 5.03 Å². The number of fused-ring (bicyclic) bond motifs is 1. The second kappa shape index (κ2) is 7.75. The lowest BCUT2D eigenvalue weighted by atomic mass is 9.92. The van der Waals surface area contributed by atoms with Crippen LogP contribution in [0.1, 0.15) is 24.0 Å². The van der Waals surface area contributed by atoms with Crippen LogP contribution in [-0.2, 0) is 27.6 Å². The summed E-state index contributed by atoms with van der Waals surface area (Å²) in [5, 5.41) is 4.21. The molecule has 0 radical (unpaired) electrons. The summed E-state index contributed by atoms with van der Waals surface area (Å²) in [7, 11) is -3.61. The first kappa shape index (κ1) is 18.7. The van der Waals surface area contributed by atoms with Gasteiger partial charge in [-0.15, -0.1) is 0 Å². The van der Waals surface area contributed by atoms with Crippen molar-refractivity contribution in [2.24, 2.45) is 0 Å². The van der Waals surface area contributed by atoms with Crippen LogP contribution < -0.4 is 5.32 Å². The first-order valence-electron chi connectivity index (χ1n) is 9.17. The molecule has 4 rings (SSSR count). The van der Waals surface area contributed by atoms with Gasteiger partial charge in [-0.25, -0.2) is 13.4 Å². The van der Waals surface area contributed by atoms with Gasteiger partial charge >= 0.3 is 0 Å². The van der Waals surface area contributed by atoms with Crippen molar-refractivity contribution in [3.8, 4) is 0 Å².